The maximum absolute atomic E-state index is 12.8. The summed E-state index contributed by atoms with van der Waals surface area (Å²) in [5, 5.41) is 42.9. The SMILES string of the molecule is C[C@@H]1CCC2(C(=O)O)CC[C@]3(C)C(=CCC4[C@@]5(C)C[C@@H](O)[C@H](O)C(C)(CO)C5CC[C@]43C)C2[C@H]1C. The van der Waals surface area contributed by atoms with Gasteiger partial charge in [-0.15, -0.1) is 0 Å². The van der Waals surface area contributed by atoms with Crippen molar-refractivity contribution in [2.24, 2.45) is 56.7 Å². The fraction of sp³-hybridized carbons (Fsp3) is 0.900. The molecule has 198 valence electrons. The van der Waals surface area contributed by atoms with Crippen molar-refractivity contribution in [3.63, 3.8) is 0 Å². The number of aliphatic hydroxyl groups is 3. The number of carboxylic acid groups (broad SMARTS) is 1. The van der Waals surface area contributed by atoms with Crippen molar-refractivity contribution in [1.29, 1.82) is 0 Å². The minimum atomic E-state index is -0.907. The van der Waals surface area contributed by atoms with Crippen molar-refractivity contribution in [3.8, 4) is 0 Å². The second kappa shape index (κ2) is 7.80. The van der Waals surface area contributed by atoms with Crippen molar-refractivity contribution in [2.75, 3.05) is 6.61 Å². The van der Waals surface area contributed by atoms with Gasteiger partial charge in [-0.2, -0.15) is 0 Å². The molecule has 0 amide bonds. The van der Waals surface area contributed by atoms with Gasteiger partial charge in [0.2, 0.25) is 0 Å². The number of aliphatic hydroxyl groups excluding tert-OH is 3. The van der Waals surface area contributed by atoms with Gasteiger partial charge in [0, 0.05) is 5.41 Å². The number of hydrogen-bond donors (Lipinski definition) is 4. The Bertz CT molecular complexity index is 930. The predicted molar refractivity (Wildman–Crippen MR) is 135 cm³/mol. The van der Waals surface area contributed by atoms with Crippen LogP contribution in [0.5, 0.6) is 0 Å². The predicted octanol–water partition coefficient (Wildman–Crippen LogP) is 5.03. The molecule has 5 aliphatic carbocycles. The van der Waals surface area contributed by atoms with Gasteiger partial charge in [0.25, 0.3) is 0 Å². The van der Waals surface area contributed by atoms with E-state index in [1.807, 2.05) is 6.92 Å². The van der Waals surface area contributed by atoms with Crippen molar-refractivity contribution < 1.29 is 25.2 Å². The fourth-order valence-corrected chi connectivity index (χ4v) is 11.0. The molecule has 35 heavy (non-hydrogen) atoms. The lowest BCUT2D eigenvalue weighted by Crippen LogP contribution is -2.68. The summed E-state index contributed by atoms with van der Waals surface area (Å²) in [7, 11) is 0. The summed E-state index contributed by atoms with van der Waals surface area (Å²) >= 11 is 0. The van der Waals surface area contributed by atoms with Crippen LogP contribution in [-0.4, -0.2) is 45.2 Å². The summed E-state index contributed by atoms with van der Waals surface area (Å²) in [5.74, 6) is 0.828. The molecule has 0 aromatic carbocycles. The minimum absolute atomic E-state index is 0.00815. The van der Waals surface area contributed by atoms with Gasteiger partial charge in [-0.3, -0.25) is 4.79 Å². The number of aliphatic carboxylic acids is 1. The molecule has 0 spiro atoms. The second-order valence-electron chi connectivity index (χ2n) is 14.5. The van der Waals surface area contributed by atoms with Crippen LogP contribution in [0, 0.1) is 56.7 Å². The molecule has 0 aromatic heterocycles. The maximum Gasteiger partial charge on any atom is 0.310 e. The standard InChI is InChI=1S/C30H48O5/c1-17-9-12-30(25(34)35)14-13-28(5)19(23(30)18(17)2)7-8-22-26(3)15-20(32)24(33)27(4,16-31)21(26)10-11-29(22,28)6/h7,17-18,20-24,31-33H,8-16H2,1-6H3,(H,34,35)/t17-,18+,20-,21?,22?,23?,24+,26+,27?,28-,29-,30?/m1/s1. The molecule has 5 aliphatic rings. The van der Waals surface area contributed by atoms with Crippen LogP contribution in [0.2, 0.25) is 0 Å². The maximum atomic E-state index is 12.8. The van der Waals surface area contributed by atoms with Crippen LogP contribution in [0.15, 0.2) is 11.6 Å². The molecular weight excluding hydrogens is 440 g/mol. The molecule has 5 nitrogen and oxygen atoms in total. The van der Waals surface area contributed by atoms with Crippen molar-refractivity contribution >= 4 is 5.97 Å². The molecule has 0 bridgehead atoms. The summed E-state index contributed by atoms with van der Waals surface area (Å²) in [6.07, 6.45) is 7.51. The number of rotatable bonds is 2. The highest BCUT2D eigenvalue weighted by Crippen LogP contribution is 2.75. The van der Waals surface area contributed by atoms with Gasteiger partial charge in [-0.25, -0.2) is 0 Å². The van der Waals surface area contributed by atoms with E-state index in [0.29, 0.717) is 24.2 Å². The third kappa shape index (κ3) is 2.95. The Hall–Kier alpha value is -0.910. The molecule has 5 heteroatoms. The van der Waals surface area contributed by atoms with Crippen LogP contribution in [0.1, 0.15) is 92.9 Å². The van der Waals surface area contributed by atoms with E-state index >= 15 is 0 Å². The lowest BCUT2D eigenvalue weighted by molar-refractivity contribution is -0.244. The quantitative estimate of drug-likeness (QED) is 0.409. The van der Waals surface area contributed by atoms with E-state index in [4.69, 9.17) is 0 Å². The van der Waals surface area contributed by atoms with Crippen molar-refractivity contribution in [2.45, 2.75) is 105 Å². The van der Waals surface area contributed by atoms with E-state index in [0.717, 1.165) is 44.9 Å². The lowest BCUT2D eigenvalue weighted by atomic mass is 9.33. The van der Waals surface area contributed by atoms with Gasteiger partial charge >= 0.3 is 5.97 Å². The average Bonchev–Trinajstić information content (AvgIpc) is 2.80. The first kappa shape index (κ1) is 25.7. The lowest BCUT2D eigenvalue weighted by Gasteiger charge is -2.71. The van der Waals surface area contributed by atoms with E-state index in [-0.39, 0.29) is 34.7 Å². The molecule has 4 saturated carbocycles. The summed E-state index contributed by atoms with van der Waals surface area (Å²) in [6, 6.07) is 0. The molecular formula is C30H48O5. The second-order valence-corrected chi connectivity index (χ2v) is 14.5. The Morgan fingerprint density at radius 3 is 2.31 bits per heavy atom. The van der Waals surface area contributed by atoms with Gasteiger partial charge in [-0.1, -0.05) is 53.2 Å². The number of carbonyl (C=O) groups is 1. The highest BCUT2D eigenvalue weighted by molar-refractivity contribution is 5.76. The van der Waals surface area contributed by atoms with Crippen LogP contribution in [0.3, 0.4) is 0 Å². The van der Waals surface area contributed by atoms with Gasteiger partial charge in [0.1, 0.15) is 0 Å². The first-order valence-corrected chi connectivity index (χ1v) is 14.1. The summed E-state index contributed by atoms with van der Waals surface area (Å²) < 4.78 is 0. The van der Waals surface area contributed by atoms with E-state index in [9.17, 15) is 25.2 Å². The molecule has 0 aliphatic heterocycles. The van der Waals surface area contributed by atoms with Crippen LogP contribution in [-0.2, 0) is 4.79 Å². The first-order valence-electron chi connectivity index (χ1n) is 14.1. The normalized spacial score (nSPS) is 57.7. The summed E-state index contributed by atoms with van der Waals surface area (Å²) in [4.78, 5) is 12.8. The van der Waals surface area contributed by atoms with E-state index < -0.39 is 29.0 Å². The third-order valence-corrected chi connectivity index (χ3v) is 13.5. The van der Waals surface area contributed by atoms with Crippen molar-refractivity contribution in [3.05, 3.63) is 11.6 Å². The number of allylic oxidation sites excluding steroid dienone is 2. The Balaban J connectivity index is 1.62. The zero-order chi connectivity index (χ0) is 25.8. The fourth-order valence-electron chi connectivity index (χ4n) is 11.0. The number of carboxylic acids is 1. The Labute approximate surface area is 211 Å². The van der Waals surface area contributed by atoms with E-state index in [1.54, 1.807) is 0 Å². The zero-order valence-corrected chi connectivity index (χ0v) is 22.7. The molecule has 0 radical (unpaired) electrons. The minimum Gasteiger partial charge on any atom is -0.481 e. The monoisotopic (exact) mass is 488 g/mol. The molecule has 4 fully saturated rings. The number of hydrogen-bond acceptors (Lipinski definition) is 4. The molecule has 0 aromatic rings. The van der Waals surface area contributed by atoms with Gasteiger partial charge in [-0.05, 0) is 97.2 Å². The largest absolute Gasteiger partial charge is 0.481 e. The molecule has 4 N–H and O–H groups in total. The summed E-state index contributed by atoms with van der Waals surface area (Å²) in [5.41, 5.74) is -0.214. The zero-order valence-electron chi connectivity index (χ0n) is 22.7. The van der Waals surface area contributed by atoms with Crippen LogP contribution in [0.4, 0.5) is 0 Å². The Kier molecular flexibility index (Phi) is 5.73. The van der Waals surface area contributed by atoms with Crippen molar-refractivity contribution in [1.82, 2.24) is 0 Å². The summed E-state index contributed by atoms with van der Waals surface area (Å²) in [6.45, 7) is 13.6. The third-order valence-electron chi connectivity index (χ3n) is 13.5. The smallest absolute Gasteiger partial charge is 0.310 e. The molecule has 0 saturated heterocycles. The van der Waals surface area contributed by atoms with Gasteiger partial charge in [0.05, 0.1) is 24.2 Å². The molecule has 0 heterocycles. The first-order chi connectivity index (χ1) is 16.2. The number of fused-ring (bicyclic) bond motifs is 7. The van der Waals surface area contributed by atoms with Gasteiger partial charge in [0.15, 0.2) is 0 Å². The highest BCUT2D eigenvalue weighted by Gasteiger charge is 2.70. The molecule has 5 unspecified atom stereocenters. The average molecular weight is 489 g/mol. The van der Waals surface area contributed by atoms with Crippen LogP contribution < -0.4 is 0 Å². The van der Waals surface area contributed by atoms with Gasteiger partial charge < -0.3 is 20.4 Å². The molecule has 5 rings (SSSR count). The van der Waals surface area contributed by atoms with E-state index in [2.05, 4.69) is 40.7 Å². The van der Waals surface area contributed by atoms with E-state index in [1.165, 1.54) is 5.57 Å². The molecule has 12 atom stereocenters. The highest BCUT2D eigenvalue weighted by atomic mass is 16.4. The van der Waals surface area contributed by atoms with Crippen LogP contribution >= 0.6 is 0 Å². The van der Waals surface area contributed by atoms with Crippen LogP contribution in [0.25, 0.3) is 0 Å². The Morgan fingerprint density at radius 2 is 1.69 bits per heavy atom. The Morgan fingerprint density at radius 1 is 1.00 bits per heavy atom. The topological polar surface area (TPSA) is 98.0 Å².